The molecule has 0 bridgehead atoms. The Hall–Kier alpha value is -3.01. The van der Waals surface area contributed by atoms with Gasteiger partial charge in [0.1, 0.15) is 11.3 Å². The minimum absolute atomic E-state index is 0.596. The minimum Gasteiger partial charge on any atom is -0.497 e. The van der Waals surface area contributed by atoms with Crippen molar-refractivity contribution in [3.8, 4) is 22.9 Å². The average molecular weight is 290 g/mol. The van der Waals surface area contributed by atoms with Crippen molar-refractivity contribution in [3.63, 3.8) is 0 Å². The van der Waals surface area contributed by atoms with Gasteiger partial charge in [0.25, 0.3) is 0 Å². The molecule has 0 saturated heterocycles. The Balaban J connectivity index is 1.80. The van der Waals surface area contributed by atoms with Crippen LogP contribution in [0, 0.1) is 0 Å². The standard InChI is InChI=1S/C18H14N2O2/c1-21-15-6-4-5-13(11-15)18-19-16-8-7-14(12-17(16)22-18)20-9-2-3-10-20/h2-12H,1H3. The molecule has 0 radical (unpaired) electrons. The summed E-state index contributed by atoms with van der Waals surface area (Å²) in [6, 6.07) is 17.7. The van der Waals surface area contributed by atoms with Gasteiger partial charge in [-0.25, -0.2) is 4.98 Å². The van der Waals surface area contributed by atoms with E-state index in [2.05, 4.69) is 4.98 Å². The third-order valence-electron chi connectivity index (χ3n) is 3.59. The van der Waals surface area contributed by atoms with Gasteiger partial charge in [-0.1, -0.05) is 6.07 Å². The number of aromatic nitrogens is 2. The van der Waals surface area contributed by atoms with Crippen molar-refractivity contribution in [1.82, 2.24) is 9.55 Å². The lowest BCUT2D eigenvalue weighted by molar-refractivity contribution is 0.415. The predicted molar refractivity (Wildman–Crippen MR) is 85.3 cm³/mol. The number of methoxy groups -OCH3 is 1. The van der Waals surface area contributed by atoms with Gasteiger partial charge >= 0.3 is 0 Å². The van der Waals surface area contributed by atoms with E-state index in [1.165, 1.54) is 0 Å². The highest BCUT2D eigenvalue weighted by Crippen LogP contribution is 2.28. The van der Waals surface area contributed by atoms with E-state index in [-0.39, 0.29) is 0 Å². The number of nitrogens with zero attached hydrogens (tertiary/aromatic N) is 2. The van der Waals surface area contributed by atoms with Crippen molar-refractivity contribution >= 4 is 11.1 Å². The first kappa shape index (κ1) is 12.7. The highest BCUT2D eigenvalue weighted by Gasteiger charge is 2.10. The molecule has 0 spiro atoms. The van der Waals surface area contributed by atoms with E-state index in [0.717, 1.165) is 28.1 Å². The first-order chi connectivity index (χ1) is 10.8. The maximum Gasteiger partial charge on any atom is 0.227 e. The first-order valence-electron chi connectivity index (χ1n) is 7.02. The Morgan fingerprint density at radius 1 is 1.00 bits per heavy atom. The van der Waals surface area contributed by atoms with Crippen LogP contribution < -0.4 is 4.74 Å². The Morgan fingerprint density at radius 2 is 1.86 bits per heavy atom. The van der Waals surface area contributed by atoms with Crippen LogP contribution in [0.25, 0.3) is 28.2 Å². The van der Waals surface area contributed by atoms with Crippen molar-refractivity contribution in [2.45, 2.75) is 0 Å². The monoisotopic (exact) mass is 290 g/mol. The fraction of sp³-hybridized carbons (Fsp3) is 0.0556. The highest BCUT2D eigenvalue weighted by atomic mass is 16.5. The van der Waals surface area contributed by atoms with Crippen LogP contribution >= 0.6 is 0 Å². The smallest absolute Gasteiger partial charge is 0.227 e. The third-order valence-corrected chi connectivity index (χ3v) is 3.59. The SMILES string of the molecule is COc1cccc(-c2nc3ccc(-n4cccc4)cc3o2)c1. The van der Waals surface area contributed by atoms with Crippen molar-refractivity contribution in [3.05, 3.63) is 67.0 Å². The van der Waals surface area contributed by atoms with Crippen LogP contribution in [0.1, 0.15) is 0 Å². The van der Waals surface area contributed by atoms with Crippen LogP contribution in [0.2, 0.25) is 0 Å². The lowest BCUT2D eigenvalue weighted by Gasteiger charge is -2.01. The molecule has 0 unspecified atom stereocenters. The molecule has 2 heterocycles. The van der Waals surface area contributed by atoms with Gasteiger partial charge in [0.2, 0.25) is 5.89 Å². The molecule has 0 aliphatic carbocycles. The van der Waals surface area contributed by atoms with E-state index in [9.17, 15) is 0 Å². The second-order valence-corrected chi connectivity index (χ2v) is 4.99. The quantitative estimate of drug-likeness (QED) is 0.565. The molecule has 0 amide bonds. The summed E-state index contributed by atoms with van der Waals surface area (Å²) in [5.41, 5.74) is 3.56. The van der Waals surface area contributed by atoms with Gasteiger partial charge in [-0.15, -0.1) is 0 Å². The fourth-order valence-corrected chi connectivity index (χ4v) is 2.46. The zero-order valence-corrected chi connectivity index (χ0v) is 12.1. The zero-order valence-electron chi connectivity index (χ0n) is 12.1. The Morgan fingerprint density at radius 3 is 2.68 bits per heavy atom. The van der Waals surface area contributed by atoms with Crippen LogP contribution in [0.5, 0.6) is 5.75 Å². The topological polar surface area (TPSA) is 40.2 Å². The van der Waals surface area contributed by atoms with Gasteiger partial charge in [0.15, 0.2) is 5.58 Å². The molecule has 2 aromatic heterocycles. The largest absolute Gasteiger partial charge is 0.497 e. The molecule has 0 atom stereocenters. The Bertz CT molecular complexity index is 923. The van der Waals surface area contributed by atoms with E-state index >= 15 is 0 Å². The highest BCUT2D eigenvalue weighted by molar-refractivity contribution is 5.78. The van der Waals surface area contributed by atoms with Crippen LogP contribution in [0.3, 0.4) is 0 Å². The van der Waals surface area contributed by atoms with E-state index in [1.807, 2.05) is 71.6 Å². The number of hydrogen-bond donors (Lipinski definition) is 0. The van der Waals surface area contributed by atoms with E-state index in [1.54, 1.807) is 7.11 Å². The maximum absolute atomic E-state index is 5.91. The lowest BCUT2D eigenvalue weighted by Crippen LogP contribution is -1.87. The Kier molecular flexibility index (Phi) is 2.93. The average Bonchev–Trinajstić information content (AvgIpc) is 3.23. The molecule has 0 saturated carbocycles. The molecule has 4 heteroatoms. The molecular formula is C18H14N2O2. The molecule has 22 heavy (non-hydrogen) atoms. The summed E-state index contributed by atoms with van der Waals surface area (Å²) in [4.78, 5) is 4.55. The summed E-state index contributed by atoms with van der Waals surface area (Å²) in [5.74, 6) is 1.38. The summed E-state index contributed by atoms with van der Waals surface area (Å²) >= 11 is 0. The predicted octanol–water partition coefficient (Wildman–Crippen LogP) is 4.29. The zero-order chi connectivity index (χ0) is 14.9. The lowest BCUT2D eigenvalue weighted by atomic mass is 10.2. The molecular weight excluding hydrogens is 276 g/mol. The molecule has 4 nitrogen and oxygen atoms in total. The molecule has 4 aromatic rings. The molecule has 0 aliphatic heterocycles. The van der Waals surface area contributed by atoms with Gasteiger partial charge in [-0.2, -0.15) is 0 Å². The summed E-state index contributed by atoms with van der Waals surface area (Å²) in [6.07, 6.45) is 4.00. The second kappa shape index (κ2) is 5.07. The first-order valence-corrected chi connectivity index (χ1v) is 7.02. The van der Waals surface area contributed by atoms with E-state index in [4.69, 9.17) is 9.15 Å². The minimum atomic E-state index is 0.596. The normalized spacial score (nSPS) is 11.0. The van der Waals surface area contributed by atoms with E-state index < -0.39 is 0 Å². The van der Waals surface area contributed by atoms with Crippen LogP contribution in [-0.4, -0.2) is 16.7 Å². The van der Waals surface area contributed by atoms with Gasteiger partial charge in [0, 0.05) is 29.7 Å². The maximum atomic E-state index is 5.91. The molecule has 0 fully saturated rings. The second-order valence-electron chi connectivity index (χ2n) is 4.99. The van der Waals surface area contributed by atoms with Crippen molar-refractivity contribution < 1.29 is 9.15 Å². The van der Waals surface area contributed by atoms with Crippen molar-refractivity contribution in [2.75, 3.05) is 7.11 Å². The van der Waals surface area contributed by atoms with Crippen LogP contribution in [-0.2, 0) is 0 Å². The summed E-state index contributed by atoms with van der Waals surface area (Å²) in [6.45, 7) is 0. The van der Waals surface area contributed by atoms with Crippen LogP contribution in [0.15, 0.2) is 71.4 Å². The summed E-state index contributed by atoms with van der Waals surface area (Å²) in [5, 5.41) is 0. The molecule has 108 valence electrons. The van der Waals surface area contributed by atoms with Gasteiger partial charge in [0.05, 0.1) is 7.11 Å². The molecule has 0 aliphatic rings. The summed E-state index contributed by atoms with van der Waals surface area (Å²) in [7, 11) is 1.65. The number of ether oxygens (including phenoxy) is 1. The van der Waals surface area contributed by atoms with Crippen LogP contribution in [0.4, 0.5) is 0 Å². The van der Waals surface area contributed by atoms with Gasteiger partial charge < -0.3 is 13.7 Å². The van der Waals surface area contributed by atoms with E-state index in [0.29, 0.717) is 5.89 Å². The number of rotatable bonds is 3. The number of benzene rings is 2. The number of fused-ring (bicyclic) bond motifs is 1. The van der Waals surface area contributed by atoms with Crippen molar-refractivity contribution in [1.29, 1.82) is 0 Å². The fourth-order valence-electron chi connectivity index (χ4n) is 2.46. The molecule has 2 aromatic carbocycles. The number of hydrogen-bond acceptors (Lipinski definition) is 3. The molecule has 0 N–H and O–H groups in total. The molecule has 4 rings (SSSR count). The van der Waals surface area contributed by atoms with Crippen molar-refractivity contribution in [2.24, 2.45) is 0 Å². The summed E-state index contributed by atoms with van der Waals surface area (Å²) < 4.78 is 13.2. The Labute approximate surface area is 127 Å². The van der Waals surface area contributed by atoms with Gasteiger partial charge in [-0.05, 0) is 42.5 Å². The third kappa shape index (κ3) is 2.15. The number of oxazole rings is 1. The van der Waals surface area contributed by atoms with Gasteiger partial charge in [-0.3, -0.25) is 0 Å².